The van der Waals surface area contributed by atoms with Crippen molar-refractivity contribution in [2.45, 2.75) is 37.4 Å². The highest BCUT2D eigenvalue weighted by molar-refractivity contribution is 9.10. The van der Waals surface area contributed by atoms with E-state index in [0.29, 0.717) is 10.1 Å². The molecule has 0 saturated heterocycles. The molecule has 2 nitrogen and oxygen atoms in total. The van der Waals surface area contributed by atoms with Gasteiger partial charge < -0.3 is 10.6 Å². The molecule has 0 bridgehead atoms. The van der Waals surface area contributed by atoms with E-state index in [0.717, 1.165) is 27.7 Å². The maximum atomic E-state index is 6.06. The van der Waals surface area contributed by atoms with Gasteiger partial charge in [0.15, 0.2) is 5.11 Å². The van der Waals surface area contributed by atoms with Crippen LogP contribution in [-0.4, -0.2) is 22.7 Å². The van der Waals surface area contributed by atoms with Crippen molar-refractivity contribution in [2.24, 2.45) is 0 Å². The van der Waals surface area contributed by atoms with Crippen LogP contribution in [0.3, 0.4) is 0 Å². The summed E-state index contributed by atoms with van der Waals surface area (Å²) in [5, 5.41) is 8.58. The smallest absolute Gasteiger partial charge is 0.170 e. The van der Waals surface area contributed by atoms with Gasteiger partial charge in [0.2, 0.25) is 0 Å². The fourth-order valence-electron chi connectivity index (χ4n) is 2.37. The van der Waals surface area contributed by atoms with Gasteiger partial charge in [-0.3, -0.25) is 0 Å². The number of benzene rings is 1. The van der Waals surface area contributed by atoms with E-state index < -0.39 is 0 Å². The maximum Gasteiger partial charge on any atom is 0.170 e. The SMILES string of the molecule is S=C(NCCSC1CCCCC1)Nc1ccc(Br)c(Cl)c1. The average molecular weight is 408 g/mol. The molecule has 0 aromatic heterocycles. The Morgan fingerprint density at radius 3 is 2.81 bits per heavy atom. The molecule has 1 aliphatic rings. The van der Waals surface area contributed by atoms with Crippen molar-refractivity contribution in [3.63, 3.8) is 0 Å². The zero-order chi connectivity index (χ0) is 15.1. The van der Waals surface area contributed by atoms with E-state index in [-0.39, 0.29) is 0 Å². The largest absolute Gasteiger partial charge is 0.362 e. The molecule has 0 spiro atoms. The van der Waals surface area contributed by atoms with Gasteiger partial charge in [0.1, 0.15) is 0 Å². The van der Waals surface area contributed by atoms with Crippen LogP contribution in [0.25, 0.3) is 0 Å². The van der Waals surface area contributed by atoms with Crippen LogP contribution in [0.4, 0.5) is 5.69 Å². The Labute approximate surface area is 149 Å². The number of hydrogen-bond acceptors (Lipinski definition) is 2. The van der Waals surface area contributed by atoms with E-state index in [4.69, 9.17) is 23.8 Å². The van der Waals surface area contributed by atoms with Crippen LogP contribution in [0.1, 0.15) is 32.1 Å². The second kappa shape index (κ2) is 9.23. The number of nitrogens with one attached hydrogen (secondary N) is 2. The van der Waals surface area contributed by atoms with E-state index >= 15 is 0 Å². The Bertz CT molecular complexity index is 479. The summed E-state index contributed by atoms with van der Waals surface area (Å²) in [6.07, 6.45) is 6.97. The normalized spacial score (nSPS) is 15.7. The number of anilines is 1. The van der Waals surface area contributed by atoms with Crippen molar-refractivity contribution in [1.82, 2.24) is 5.32 Å². The van der Waals surface area contributed by atoms with Crippen molar-refractivity contribution in [3.05, 3.63) is 27.7 Å². The molecule has 2 N–H and O–H groups in total. The van der Waals surface area contributed by atoms with E-state index in [1.807, 2.05) is 18.2 Å². The molecule has 0 radical (unpaired) electrons. The molecule has 116 valence electrons. The summed E-state index contributed by atoms with van der Waals surface area (Å²) in [5.74, 6) is 1.10. The van der Waals surface area contributed by atoms with Gasteiger partial charge >= 0.3 is 0 Å². The number of halogens is 2. The van der Waals surface area contributed by atoms with Crippen LogP contribution in [0, 0.1) is 0 Å². The van der Waals surface area contributed by atoms with Crippen LogP contribution >= 0.6 is 51.5 Å². The lowest BCUT2D eigenvalue weighted by atomic mass is 10.0. The van der Waals surface area contributed by atoms with Gasteiger partial charge in [0.05, 0.1) is 5.02 Å². The fraction of sp³-hybridized carbons (Fsp3) is 0.533. The Hall–Kier alpha value is 0.0300. The van der Waals surface area contributed by atoms with Crippen molar-refractivity contribution in [3.8, 4) is 0 Å². The van der Waals surface area contributed by atoms with Gasteiger partial charge in [0, 0.05) is 27.7 Å². The molecule has 21 heavy (non-hydrogen) atoms. The molecule has 0 atom stereocenters. The van der Waals surface area contributed by atoms with E-state index in [2.05, 4.69) is 38.3 Å². The van der Waals surface area contributed by atoms with Crippen LogP contribution in [0.2, 0.25) is 5.02 Å². The van der Waals surface area contributed by atoms with Crippen LogP contribution in [0.15, 0.2) is 22.7 Å². The summed E-state index contributed by atoms with van der Waals surface area (Å²) in [5.41, 5.74) is 0.903. The average Bonchev–Trinajstić information content (AvgIpc) is 2.49. The third kappa shape index (κ3) is 6.35. The molecule has 6 heteroatoms. The van der Waals surface area contributed by atoms with Gasteiger partial charge in [0.25, 0.3) is 0 Å². The quantitative estimate of drug-likeness (QED) is 0.500. The number of thiocarbonyl (C=S) groups is 1. The van der Waals surface area contributed by atoms with Gasteiger partial charge in [-0.15, -0.1) is 0 Å². The standard InChI is InChI=1S/C15H20BrClN2S2/c16-13-7-6-11(10-14(13)17)19-15(20)18-8-9-21-12-4-2-1-3-5-12/h6-7,10,12H,1-5,8-9H2,(H2,18,19,20). The van der Waals surface area contributed by atoms with Crippen LogP contribution in [-0.2, 0) is 0 Å². The zero-order valence-corrected chi connectivity index (χ0v) is 15.8. The summed E-state index contributed by atoms with van der Waals surface area (Å²) in [7, 11) is 0. The van der Waals surface area contributed by atoms with Crippen molar-refractivity contribution in [2.75, 3.05) is 17.6 Å². The first kappa shape index (κ1) is 17.4. The van der Waals surface area contributed by atoms with Crippen LogP contribution < -0.4 is 10.6 Å². The van der Waals surface area contributed by atoms with Gasteiger partial charge in [-0.25, -0.2) is 0 Å². The zero-order valence-electron chi connectivity index (χ0n) is 11.8. The summed E-state index contributed by atoms with van der Waals surface area (Å²) < 4.78 is 0.887. The van der Waals surface area contributed by atoms with Gasteiger partial charge in [-0.1, -0.05) is 30.9 Å². The molecule has 0 aliphatic heterocycles. The molecule has 1 saturated carbocycles. The Balaban J connectivity index is 1.63. The maximum absolute atomic E-state index is 6.06. The molecule has 0 unspecified atom stereocenters. The van der Waals surface area contributed by atoms with E-state index in [9.17, 15) is 0 Å². The van der Waals surface area contributed by atoms with Crippen molar-refractivity contribution < 1.29 is 0 Å². The summed E-state index contributed by atoms with van der Waals surface area (Å²) in [6, 6.07) is 5.71. The predicted molar refractivity (Wildman–Crippen MR) is 103 cm³/mol. The monoisotopic (exact) mass is 406 g/mol. The molecular weight excluding hydrogens is 388 g/mol. The molecular formula is C15H20BrClN2S2. The lowest BCUT2D eigenvalue weighted by Gasteiger charge is -2.21. The van der Waals surface area contributed by atoms with Crippen molar-refractivity contribution in [1.29, 1.82) is 0 Å². The van der Waals surface area contributed by atoms with Gasteiger partial charge in [-0.2, -0.15) is 11.8 Å². The predicted octanol–water partition coefficient (Wildman–Crippen LogP) is 5.45. The highest BCUT2D eigenvalue weighted by atomic mass is 79.9. The minimum absolute atomic E-state index is 0.651. The molecule has 1 aliphatic carbocycles. The highest BCUT2D eigenvalue weighted by Gasteiger charge is 2.13. The molecule has 0 heterocycles. The Morgan fingerprint density at radius 1 is 1.33 bits per heavy atom. The third-order valence-electron chi connectivity index (χ3n) is 3.47. The first-order valence-electron chi connectivity index (χ1n) is 7.26. The summed E-state index contributed by atoms with van der Waals surface area (Å²) in [4.78, 5) is 0. The molecule has 2 rings (SSSR count). The number of rotatable bonds is 5. The number of hydrogen-bond donors (Lipinski definition) is 2. The fourth-order valence-corrected chi connectivity index (χ4v) is 4.24. The first-order valence-corrected chi connectivity index (χ1v) is 9.89. The molecule has 1 aromatic rings. The second-order valence-corrected chi connectivity index (χ2v) is 8.22. The minimum Gasteiger partial charge on any atom is -0.362 e. The molecule has 1 aromatic carbocycles. The summed E-state index contributed by atoms with van der Waals surface area (Å²) in [6.45, 7) is 0.900. The van der Waals surface area contributed by atoms with Crippen LogP contribution in [0.5, 0.6) is 0 Å². The Morgan fingerprint density at radius 2 is 2.10 bits per heavy atom. The van der Waals surface area contributed by atoms with Gasteiger partial charge in [-0.05, 0) is 59.2 Å². The number of thioether (sulfide) groups is 1. The second-order valence-electron chi connectivity index (χ2n) is 5.14. The lowest BCUT2D eigenvalue weighted by molar-refractivity contribution is 0.516. The van der Waals surface area contributed by atoms with E-state index in [1.165, 1.54) is 32.1 Å². The third-order valence-corrected chi connectivity index (χ3v) is 6.33. The van der Waals surface area contributed by atoms with Crippen molar-refractivity contribution >= 4 is 62.3 Å². The molecule has 0 amide bonds. The van der Waals surface area contributed by atoms with E-state index in [1.54, 1.807) is 0 Å². The molecule has 1 fully saturated rings. The lowest BCUT2D eigenvalue weighted by Crippen LogP contribution is -2.30. The highest BCUT2D eigenvalue weighted by Crippen LogP contribution is 2.28. The Kier molecular flexibility index (Phi) is 7.64. The summed E-state index contributed by atoms with van der Waals surface area (Å²) >= 11 is 16.8. The minimum atomic E-state index is 0.651. The first-order chi connectivity index (χ1) is 10.1. The topological polar surface area (TPSA) is 24.1 Å².